The van der Waals surface area contributed by atoms with Crippen LogP contribution in [0.15, 0.2) is 30.9 Å². The third-order valence-electron chi connectivity index (χ3n) is 2.96. The second-order valence-electron chi connectivity index (χ2n) is 4.17. The molecular formula is C12H10ClFN4S. The Kier molecular flexibility index (Phi) is 3.12. The van der Waals surface area contributed by atoms with Crippen LogP contribution < -0.4 is 0 Å². The van der Waals surface area contributed by atoms with Crippen molar-refractivity contribution in [2.75, 3.05) is 0 Å². The molecule has 98 valence electrons. The number of imidazole rings is 2. The van der Waals surface area contributed by atoms with Gasteiger partial charge >= 0.3 is 0 Å². The van der Waals surface area contributed by atoms with Crippen LogP contribution in [0.25, 0.3) is 11.0 Å². The van der Waals surface area contributed by atoms with Crippen LogP contribution in [-0.4, -0.2) is 19.1 Å². The van der Waals surface area contributed by atoms with Crippen molar-refractivity contribution >= 4 is 34.9 Å². The van der Waals surface area contributed by atoms with Gasteiger partial charge in [0.2, 0.25) is 0 Å². The summed E-state index contributed by atoms with van der Waals surface area (Å²) in [6.07, 6.45) is 5.34. The molecule has 0 atom stereocenters. The van der Waals surface area contributed by atoms with Gasteiger partial charge in [-0.05, 0) is 18.3 Å². The molecule has 2 heterocycles. The molecule has 0 fully saturated rings. The Balaban J connectivity index is 2.00. The summed E-state index contributed by atoms with van der Waals surface area (Å²) in [4.78, 5) is 6.96. The van der Waals surface area contributed by atoms with Crippen molar-refractivity contribution < 1.29 is 4.39 Å². The van der Waals surface area contributed by atoms with Gasteiger partial charge in [0.05, 0.1) is 22.4 Å². The van der Waals surface area contributed by atoms with Crippen LogP contribution in [0, 0.1) is 10.6 Å². The average Bonchev–Trinajstić information content (AvgIpc) is 2.96. The van der Waals surface area contributed by atoms with Gasteiger partial charge in [-0.1, -0.05) is 11.6 Å². The highest BCUT2D eigenvalue weighted by atomic mass is 35.5. The predicted octanol–water partition coefficient (Wildman–Crippen LogP) is 3.39. The number of aromatic amines is 1. The Bertz CT molecular complexity index is 775. The van der Waals surface area contributed by atoms with Gasteiger partial charge in [0.25, 0.3) is 0 Å². The molecule has 0 spiro atoms. The number of hydrogen-bond donors (Lipinski definition) is 1. The van der Waals surface area contributed by atoms with E-state index in [-0.39, 0.29) is 5.02 Å². The molecule has 2 aromatic heterocycles. The lowest BCUT2D eigenvalue weighted by molar-refractivity contribution is 0.584. The largest absolute Gasteiger partial charge is 0.336 e. The molecule has 0 unspecified atom stereocenters. The van der Waals surface area contributed by atoms with E-state index in [1.165, 1.54) is 6.07 Å². The summed E-state index contributed by atoms with van der Waals surface area (Å²) in [5, 5.41) is 0.0953. The maximum Gasteiger partial charge on any atom is 0.178 e. The van der Waals surface area contributed by atoms with Crippen molar-refractivity contribution in [3.63, 3.8) is 0 Å². The fraction of sp³-hybridized carbons (Fsp3) is 0.167. The van der Waals surface area contributed by atoms with Crippen LogP contribution >= 0.6 is 23.8 Å². The topological polar surface area (TPSA) is 38.5 Å². The average molecular weight is 297 g/mol. The molecule has 7 heteroatoms. The van der Waals surface area contributed by atoms with Gasteiger partial charge in [0.1, 0.15) is 5.82 Å². The second kappa shape index (κ2) is 4.79. The molecule has 3 rings (SSSR count). The number of aryl methyl sites for hydroxylation is 2. The second-order valence-corrected chi connectivity index (χ2v) is 4.96. The van der Waals surface area contributed by atoms with Crippen LogP contribution in [0.5, 0.6) is 0 Å². The number of hydrogen-bond acceptors (Lipinski definition) is 2. The lowest BCUT2D eigenvalue weighted by Crippen LogP contribution is -2.05. The number of nitrogens with one attached hydrogen (secondary N) is 1. The number of halogens is 2. The first-order valence-corrected chi connectivity index (χ1v) is 6.47. The van der Waals surface area contributed by atoms with E-state index >= 15 is 0 Å². The molecule has 19 heavy (non-hydrogen) atoms. The summed E-state index contributed by atoms with van der Waals surface area (Å²) < 4.78 is 17.8. The zero-order valence-electron chi connectivity index (χ0n) is 9.81. The number of aromatic nitrogens is 4. The van der Waals surface area contributed by atoms with E-state index in [9.17, 15) is 4.39 Å². The minimum atomic E-state index is -0.452. The van der Waals surface area contributed by atoms with Gasteiger partial charge in [-0.2, -0.15) is 0 Å². The minimum absolute atomic E-state index is 0.0953. The third-order valence-corrected chi connectivity index (χ3v) is 3.57. The van der Waals surface area contributed by atoms with E-state index in [2.05, 4.69) is 9.97 Å². The van der Waals surface area contributed by atoms with E-state index in [4.69, 9.17) is 23.8 Å². The molecule has 0 aliphatic rings. The summed E-state index contributed by atoms with van der Waals surface area (Å²) in [5.41, 5.74) is 1.45. The van der Waals surface area contributed by atoms with Gasteiger partial charge in [0.15, 0.2) is 4.77 Å². The molecule has 0 amide bonds. The fourth-order valence-electron chi connectivity index (χ4n) is 2.01. The maximum absolute atomic E-state index is 13.4. The Labute approximate surface area is 118 Å². The Morgan fingerprint density at radius 1 is 1.37 bits per heavy atom. The highest BCUT2D eigenvalue weighted by molar-refractivity contribution is 7.71. The molecule has 0 aliphatic heterocycles. The van der Waals surface area contributed by atoms with Crippen molar-refractivity contribution in [3.8, 4) is 0 Å². The molecule has 0 saturated heterocycles. The van der Waals surface area contributed by atoms with Gasteiger partial charge in [0, 0.05) is 31.5 Å². The normalized spacial score (nSPS) is 11.3. The van der Waals surface area contributed by atoms with Crippen molar-refractivity contribution in [3.05, 3.63) is 46.5 Å². The first kappa shape index (κ1) is 12.4. The van der Waals surface area contributed by atoms with Gasteiger partial charge in [-0.25, -0.2) is 9.37 Å². The van der Waals surface area contributed by atoms with E-state index in [1.54, 1.807) is 18.6 Å². The summed E-state index contributed by atoms with van der Waals surface area (Å²) in [5.74, 6) is -0.452. The van der Waals surface area contributed by atoms with Crippen molar-refractivity contribution in [2.45, 2.75) is 13.1 Å². The Hall–Kier alpha value is -1.66. The molecule has 0 radical (unpaired) electrons. The predicted molar refractivity (Wildman–Crippen MR) is 74.3 cm³/mol. The van der Waals surface area contributed by atoms with Crippen molar-refractivity contribution in [1.29, 1.82) is 0 Å². The molecule has 0 saturated carbocycles. The molecular weight excluding hydrogens is 287 g/mol. The van der Waals surface area contributed by atoms with Crippen LogP contribution in [0.3, 0.4) is 0 Å². The lowest BCUT2D eigenvalue weighted by atomic mass is 10.3. The lowest BCUT2D eigenvalue weighted by Gasteiger charge is -2.05. The summed E-state index contributed by atoms with van der Waals surface area (Å²) in [6.45, 7) is 1.40. The van der Waals surface area contributed by atoms with E-state index in [0.717, 1.165) is 12.1 Å². The summed E-state index contributed by atoms with van der Waals surface area (Å²) >= 11 is 11.1. The third kappa shape index (κ3) is 2.29. The van der Waals surface area contributed by atoms with Gasteiger partial charge in [-0.3, -0.25) is 0 Å². The molecule has 1 N–H and O–H groups in total. The van der Waals surface area contributed by atoms with E-state index in [1.807, 2.05) is 15.3 Å². The quantitative estimate of drug-likeness (QED) is 0.753. The molecule has 0 aliphatic carbocycles. The number of rotatable bonds is 3. The van der Waals surface area contributed by atoms with Gasteiger partial charge in [-0.15, -0.1) is 0 Å². The van der Waals surface area contributed by atoms with Crippen LogP contribution in [0.1, 0.15) is 0 Å². The number of fused-ring (bicyclic) bond motifs is 1. The zero-order chi connectivity index (χ0) is 13.4. The highest BCUT2D eigenvalue weighted by Gasteiger charge is 2.08. The summed E-state index contributed by atoms with van der Waals surface area (Å²) in [6, 6.07) is 2.95. The Morgan fingerprint density at radius 2 is 2.21 bits per heavy atom. The van der Waals surface area contributed by atoms with Gasteiger partial charge < -0.3 is 14.1 Å². The monoisotopic (exact) mass is 296 g/mol. The van der Waals surface area contributed by atoms with E-state index in [0.29, 0.717) is 16.8 Å². The van der Waals surface area contributed by atoms with Crippen LogP contribution in [0.2, 0.25) is 5.02 Å². The standard InChI is InChI=1S/C12H10ClFN4S/c13-8-5-11-10(6-9(8)14)16-12(19)18(11)4-3-17-2-1-15-7-17/h1-2,5-7H,3-4H2,(H,16,19). The fourth-order valence-corrected chi connectivity index (χ4v) is 2.47. The molecule has 3 aromatic rings. The highest BCUT2D eigenvalue weighted by Crippen LogP contribution is 2.22. The first-order chi connectivity index (χ1) is 9.15. The smallest absolute Gasteiger partial charge is 0.178 e. The molecule has 1 aromatic carbocycles. The van der Waals surface area contributed by atoms with Crippen molar-refractivity contribution in [2.24, 2.45) is 0 Å². The minimum Gasteiger partial charge on any atom is -0.336 e. The maximum atomic E-state index is 13.4. The first-order valence-electron chi connectivity index (χ1n) is 5.68. The molecule has 4 nitrogen and oxygen atoms in total. The number of benzene rings is 1. The van der Waals surface area contributed by atoms with E-state index < -0.39 is 5.82 Å². The zero-order valence-corrected chi connectivity index (χ0v) is 11.4. The SMILES string of the molecule is Fc1cc2[nH]c(=S)n(CCn3ccnc3)c2cc1Cl. The molecule has 0 bridgehead atoms. The summed E-state index contributed by atoms with van der Waals surface area (Å²) in [7, 11) is 0. The van der Waals surface area contributed by atoms with Crippen molar-refractivity contribution in [1.82, 2.24) is 19.1 Å². The van der Waals surface area contributed by atoms with Crippen LogP contribution in [0.4, 0.5) is 4.39 Å². The Morgan fingerprint density at radius 3 is 2.95 bits per heavy atom. The number of nitrogens with zero attached hydrogens (tertiary/aromatic N) is 3. The van der Waals surface area contributed by atoms with Crippen LogP contribution in [-0.2, 0) is 13.1 Å². The number of H-pyrrole nitrogens is 1.